The molecule has 0 aliphatic carbocycles. The van der Waals surface area contributed by atoms with Gasteiger partial charge in [-0.25, -0.2) is 4.39 Å². The van der Waals surface area contributed by atoms with Crippen molar-refractivity contribution in [2.75, 3.05) is 12.4 Å². The lowest BCUT2D eigenvalue weighted by Gasteiger charge is -2.19. The third-order valence-corrected chi connectivity index (χ3v) is 3.27. The van der Waals surface area contributed by atoms with Crippen LogP contribution < -0.4 is 4.74 Å². The summed E-state index contributed by atoms with van der Waals surface area (Å²) in [7, 11) is 1.47. The molecule has 0 saturated heterocycles. The largest absolute Gasteiger partial charge is 0.494 e. The standard InChI is InChI=1S/C12H16BrFO/c1-8(2)10(7-13)9-4-5-12(15-3)11(14)6-9/h4-6,8,10H,7H2,1-3H3. The topological polar surface area (TPSA) is 9.23 Å². The van der Waals surface area contributed by atoms with Gasteiger partial charge in [0.15, 0.2) is 11.6 Å². The van der Waals surface area contributed by atoms with Crippen LogP contribution in [0.3, 0.4) is 0 Å². The van der Waals surface area contributed by atoms with Crippen LogP contribution in [0.15, 0.2) is 18.2 Å². The molecule has 0 saturated carbocycles. The first kappa shape index (κ1) is 12.5. The van der Waals surface area contributed by atoms with E-state index in [9.17, 15) is 4.39 Å². The molecular formula is C12H16BrFO. The number of halogens is 2. The van der Waals surface area contributed by atoms with Crippen molar-refractivity contribution in [1.82, 2.24) is 0 Å². The van der Waals surface area contributed by atoms with Crippen molar-refractivity contribution in [3.05, 3.63) is 29.6 Å². The fourth-order valence-corrected chi connectivity index (χ4v) is 2.69. The van der Waals surface area contributed by atoms with Gasteiger partial charge in [-0.2, -0.15) is 0 Å². The van der Waals surface area contributed by atoms with E-state index >= 15 is 0 Å². The van der Waals surface area contributed by atoms with E-state index in [-0.39, 0.29) is 5.82 Å². The molecule has 0 fully saturated rings. The average molecular weight is 275 g/mol. The van der Waals surface area contributed by atoms with Crippen molar-refractivity contribution in [2.45, 2.75) is 19.8 Å². The van der Waals surface area contributed by atoms with Crippen LogP contribution in [0, 0.1) is 11.7 Å². The molecule has 84 valence electrons. The summed E-state index contributed by atoms with van der Waals surface area (Å²) in [5.74, 6) is 0.833. The summed E-state index contributed by atoms with van der Waals surface area (Å²) in [6.07, 6.45) is 0. The summed E-state index contributed by atoms with van der Waals surface area (Å²) in [5, 5.41) is 0.844. The fraction of sp³-hybridized carbons (Fsp3) is 0.500. The summed E-state index contributed by atoms with van der Waals surface area (Å²) in [6.45, 7) is 4.27. The summed E-state index contributed by atoms with van der Waals surface area (Å²) < 4.78 is 18.4. The summed E-state index contributed by atoms with van der Waals surface area (Å²) in [4.78, 5) is 0. The quantitative estimate of drug-likeness (QED) is 0.755. The molecule has 3 heteroatoms. The predicted octanol–water partition coefficient (Wildman–Crippen LogP) is 3.97. The van der Waals surface area contributed by atoms with Crippen molar-refractivity contribution in [1.29, 1.82) is 0 Å². The number of rotatable bonds is 4. The number of alkyl halides is 1. The number of hydrogen-bond donors (Lipinski definition) is 0. The molecule has 1 aromatic carbocycles. The maximum Gasteiger partial charge on any atom is 0.165 e. The Bertz CT molecular complexity index is 325. The second-order valence-corrected chi connectivity index (χ2v) is 4.55. The zero-order chi connectivity index (χ0) is 11.4. The first-order valence-corrected chi connectivity index (χ1v) is 6.11. The van der Waals surface area contributed by atoms with Gasteiger partial charge in [-0.1, -0.05) is 35.8 Å². The van der Waals surface area contributed by atoms with E-state index in [2.05, 4.69) is 29.8 Å². The zero-order valence-electron chi connectivity index (χ0n) is 9.26. The van der Waals surface area contributed by atoms with Gasteiger partial charge >= 0.3 is 0 Å². The van der Waals surface area contributed by atoms with Crippen molar-refractivity contribution in [3.8, 4) is 5.75 Å². The molecule has 0 heterocycles. The Morgan fingerprint density at radius 2 is 2.07 bits per heavy atom. The molecule has 15 heavy (non-hydrogen) atoms. The highest BCUT2D eigenvalue weighted by atomic mass is 79.9. The van der Waals surface area contributed by atoms with Crippen LogP contribution in [0.2, 0.25) is 0 Å². The van der Waals surface area contributed by atoms with Crippen LogP contribution in [0.5, 0.6) is 5.75 Å². The van der Waals surface area contributed by atoms with E-state index in [1.807, 2.05) is 6.07 Å². The van der Waals surface area contributed by atoms with Crippen molar-refractivity contribution >= 4 is 15.9 Å². The van der Waals surface area contributed by atoms with Gasteiger partial charge in [-0.05, 0) is 29.5 Å². The second-order valence-electron chi connectivity index (χ2n) is 3.90. The maximum atomic E-state index is 13.5. The van der Waals surface area contributed by atoms with Crippen LogP contribution in [0.25, 0.3) is 0 Å². The Kier molecular flexibility index (Phi) is 4.58. The van der Waals surface area contributed by atoms with Gasteiger partial charge in [-0.3, -0.25) is 0 Å². The molecule has 0 aliphatic heterocycles. The molecule has 0 spiro atoms. The van der Waals surface area contributed by atoms with Crippen LogP contribution in [-0.4, -0.2) is 12.4 Å². The van der Waals surface area contributed by atoms with E-state index in [1.165, 1.54) is 7.11 Å². The monoisotopic (exact) mass is 274 g/mol. The van der Waals surface area contributed by atoms with Gasteiger partial charge in [0.2, 0.25) is 0 Å². The minimum absolute atomic E-state index is 0.290. The first-order chi connectivity index (χ1) is 7.10. The summed E-state index contributed by atoms with van der Waals surface area (Å²) >= 11 is 3.46. The number of methoxy groups -OCH3 is 1. The Balaban J connectivity index is 3.00. The number of hydrogen-bond acceptors (Lipinski definition) is 1. The third-order valence-electron chi connectivity index (χ3n) is 2.57. The van der Waals surface area contributed by atoms with E-state index in [0.29, 0.717) is 17.6 Å². The third kappa shape index (κ3) is 2.94. The van der Waals surface area contributed by atoms with Gasteiger partial charge in [0.1, 0.15) is 0 Å². The molecule has 1 atom stereocenters. The lowest BCUT2D eigenvalue weighted by atomic mass is 9.90. The maximum absolute atomic E-state index is 13.5. The van der Waals surface area contributed by atoms with Gasteiger partial charge in [0.05, 0.1) is 7.11 Å². The molecular weight excluding hydrogens is 259 g/mol. The molecule has 0 aliphatic rings. The Labute approximate surface area is 98.8 Å². The van der Waals surface area contributed by atoms with Crippen molar-refractivity contribution < 1.29 is 9.13 Å². The zero-order valence-corrected chi connectivity index (χ0v) is 10.8. The molecule has 1 aromatic rings. The SMILES string of the molecule is COc1ccc(C(CBr)C(C)C)cc1F. The van der Waals surface area contributed by atoms with E-state index in [1.54, 1.807) is 12.1 Å². The predicted molar refractivity (Wildman–Crippen MR) is 64.3 cm³/mol. The van der Waals surface area contributed by atoms with Gasteiger partial charge < -0.3 is 4.74 Å². The van der Waals surface area contributed by atoms with E-state index < -0.39 is 0 Å². The van der Waals surface area contributed by atoms with Gasteiger partial charge in [0, 0.05) is 5.33 Å². The van der Waals surface area contributed by atoms with Crippen molar-refractivity contribution in [3.63, 3.8) is 0 Å². The number of ether oxygens (including phenoxy) is 1. The highest BCUT2D eigenvalue weighted by molar-refractivity contribution is 9.09. The molecule has 0 bridgehead atoms. The molecule has 1 nitrogen and oxygen atoms in total. The van der Waals surface area contributed by atoms with E-state index in [4.69, 9.17) is 4.74 Å². The van der Waals surface area contributed by atoms with E-state index in [0.717, 1.165) is 10.9 Å². The fourth-order valence-electron chi connectivity index (χ4n) is 1.57. The minimum Gasteiger partial charge on any atom is -0.494 e. The summed E-state index contributed by atoms with van der Waals surface area (Å²) in [5.41, 5.74) is 1.01. The lowest BCUT2D eigenvalue weighted by Crippen LogP contribution is -2.08. The molecule has 0 amide bonds. The highest BCUT2D eigenvalue weighted by Crippen LogP contribution is 2.29. The Hall–Kier alpha value is -0.570. The molecule has 0 N–H and O–H groups in total. The molecule has 1 rings (SSSR count). The van der Waals surface area contributed by atoms with Gasteiger partial charge in [-0.15, -0.1) is 0 Å². The molecule has 1 unspecified atom stereocenters. The van der Waals surface area contributed by atoms with Crippen LogP contribution in [0.4, 0.5) is 4.39 Å². The average Bonchev–Trinajstić information content (AvgIpc) is 2.18. The first-order valence-electron chi connectivity index (χ1n) is 4.99. The van der Waals surface area contributed by atoms with Crippen molar-refractivity contribution in [2.24, 2.45) is 5.92 Å². The van der Waals surface area contributed by atoms with Crippen LogP contribution in [-0.2, 0) is 0 Å². The minimum atomic E-state index is -0.290. The van der Waals surface area contributed by atoms with Crippen LogP contribution in [0.1, 0.15) is 25.3 Å². The van der Waals surface area contributed by atoms with Gasteiger partial charge in [0.25, 0.3) is 0 Å². The smallest absolute Gasteiger partial charge is 0.165 e. The number of benzene rings is 1. The highest BCUT2D eigenvalue weighted by Gasteiger charge is 2.16. The lowest BCUT2D eigenvalue weighted by molar-refractivity contribution is 0.385. The Morgan fingerprint density at radius 3 is 2.47 bits per heavy atom. The molecule has 0 radical (unpaired) electrons. The normalized spacial score (nSPS) is 12.9. The van der Waals surface area contributed by atoms with Crippen LogP contribution >= 0.6 is 15.9 Å². The Morgan fingerprint density at radius 1 is 1.40 bits per heavy atom. The molecule has 0 aromatic heterocycles. The summed E-state index contributed by atoms with van der Waals surface area (Å²) in [6, 6.07) is 5.17. The second kappa shape index (κ2) is 5.50.